The van der Waals surface area contributed by atoms with Crippen LogP contribution in [0.1, 0.15) is 30.1 Å². The van der Waals surface area contributed by atoms with Gasteiger partial charge in [0.1, 0.15) is 0 Å². The molecule has 1 fully saturated rings. The molecule has 4 heteroatoms. The molecule has 1 aliphatic heterocycles. The maximum absolute atomic E-state index is 12.4. The van der Waals surface area contributed by atoms with E-state index in [4.69, 9.17) is 0 Å². The van der Waals surface area contributed by atoms with Crippen LogP contribution in [0.3, 0.4) is 0 Å². The number of piperidine rings is 1. The number of rotatable bonds is 1. The Balaban J connectivity index is 2.21. The molecular formula is C13H15Br2NO. The number of nitrogens with zero attached hydrogens (tertiary/aromatic N) is 1. The zero-order valence-corrected chi connectivity index (χ0v) is 12.9. The van der Waals surface area contributed by atoms with Gasteiger partial charge in [-0.25, -0.2) is 0 Å². The molecule has 0 N–H and O–H groups in total. The first-order valence-electron chi connectivity index (χ1n) is 5.82. The second-order valence-electron chi connectivity index (χ2n) is 4.62. The number of hydrogen-bond acceptors (Lipinski definition) is 1. The third-order valence-electron chi connectivity index (χ3n) is 3.10. The van der Waals surface area contributed by atoms with E-state index in [2.05, 4.69) is 38.8 Å². The highest BCUT2D eigenvalue weighted by Crippen LogP contribution is 2.25. The van der Waals surface area contributed by atoms with Crippen molar-refractivity contribution in [1.82, 2.24) is 4.90 Å². The molecule has 0 saturated carbocycles. The molecule has 17 heavy (non-hydrogen) atoms. The Bertz CT molecular complexity index is 433. The lowest BCUT2D eigenvalue weighted by Gasteiger charge is -2.31. The van der Waals surface area contributed by atoms with Gasteiger partial charge >= 0.3 is 0 Å². The molecule has 0 radical (unpaired) electrons. The van der Waals surface area contributed by atoms with Gasteiger partial charge in [-0.1, -0.05) is 22.9 Å². The topological polar surface area (TPSA) is 20.3 Å². The summed E-state index contributed by atoms with van der Waals surface area (Å²) in [5, 5.41) is 0. The summed E-state index contributed by atoms with van der Waals surface area (Å²) in [4.78, 5) is 14.4. The number of carbonyl (C=O) groups excluding carboxylic acids is 1. The standard InChI is InChI=1S/C13H15Br2NO/c1-9-3-2-6-16(8-9)13(17)11-7-10(14)4-5-12(11)15/h4-5,7,9H,2-3,6,8H2,1H3. The summed E-state index contributed by atoms with van der Waals surface area (Å²) in [6, 6.07) is 5.72. The summed E-state index contributed by atoms with van der Waals surface area (Å²) in [7, 11) is 0. The molecule has 1 amide bonds. The number of benzene rings is 1. The van der Waals surface area contributed by atoms with Crippen LogP contribution in [-0.4, -0.2) is 23.9 Å². The van der Waals surface area contributed by atoms with Crippen LogP contribution in [0, 0.1) is 5.92 Å². The average Bonchev–Trinajstić information content (AvgIpc) is 2.31. The SMILES string of the molecule is CC1CCCN(C(=O)c2cc(Br)ccc2Br)C1. The number of amides is 1. The molecule has 2 nitrogen and oxygen atoms in total. The van der Waals surface area contributed by atoms with Gasteiger partial charge in [-0.05, 0) is 52.9 Å². The zero-order valence-electron chi connectivity index (χ0n) is 9.75. The first-order chi connectivity index (χ1) is 8.08. The minimum absolute atomic E-state index is 0.129. The van der Waals surface area contributed by atoms with Gasteiger partial charge in [0.25, 0.3) is 5.91 Å². The van der Waals surface area contributed by atoms with Gasteiger partial charge in [0, 0.05) is 22.0 Å². The van der Waals surface area contributed by atoms with Gasteiger partial charge in [-0.2, -0.15) is 0 Å². The van der Waals surface area contributed by atoms with Crippen LogP contribution in [0.4, 0.5) is 0 Å². The van der Waals surface area contributed by atoms with Crippen molar-refractivity contribution in [2.75, 3.05) is 13.1 Å². The van der Waals surface area contributed by atoms with E-state index in [-0.39, 0.29) is 5.91 Å². The monoisotopic (exact) mass is 359 g/mol. The smallest absolute Gasteiger partial charge is 0.255 e. The average molecular weight is 361 g/mol. The second-order valence-corrected chi connectivity index (χ2v) is 6.39. The van der Waals surface area contributed by atoms with E-state index in [1.165, 1.54) is 6.42 Å². The van der Waals surface area contributed by atoms with Crippen molar-refractivity contribution in [3.63, 3.8) is 0 Å². The van der Waals surface area contributed by atoms with Gasteiger partial charge in [-0.3, -0.25) is 4.79 Å². The number of halogens is 2. The highest BCUT2D eigenvalue weighted by molar-refractivity contribution is 9.11. The lowest BCUT2D eigenvalue weighted by atomic mass is 9.99. The Morgan fingerprint density at radius 1 is 1.41 bits per heavy atom. The Hall–Kier alpha value is -0.350. The Labute approximate surface area is 119 Å². The maximum atomic E-state index is 12.4. The molecule has 0 spiro atoms. The highest BCUT2D eigenvalue weighted by Gasteiger charge is 2.23. The Morgan fingerprint density at radius 2 is 2.18 bits per heavy atom. The Kier molecular flexibility index (Phi) is 4.26. The molecule has 1 aliphatic rings. The summed E-state index contributed by atoms with van der Waals surface area (Å²) >= 11 is 6.85. The van der Waals surface area contributed by atoms with E-state index in [1.54, 1.807) is 0 Å². The molecule has 1 aromatic carbocycles. The molecular weight excluding hydrogens is 346 g/mol. The van der Waals surface area contributed by atoms with E-state index in [9.17, 15) is 4.79 Å². The van der Waals surface area contributed by atoms with Crippen LogP contribution < -0.4 is 0 Å². The summed E-state index contributed by atoms with van der Waals surface area (Å²) < 4.78 is 1.80. The van der Waals surface area contributed by atoms with Crippen molar-refractivity contribution in [3.05, 3.63) is 32.7 Å². The number of carbonyl (C=O) groups is 1. The zero-order chi connectivity index (χ0) is 12.4. The number of hydrogen-bond donors (Lipinski definition) is 0. The molecule has 1 atom stereocenters. The summed E-state index contributed by atoms with van der Waals surface area (Å²) in [6.45, 7) is 3.95. The Morgan fingerprint density at radius 3 is 2.88 bits per heavy atom. The minimum atomic E-state index is 0.129. The highest BCUT2D eigenvalue weighted by atomic mass is 79.9. The number of likely N-dealkylation sites (tertiary alicyclic amines) is 1. The largest absolute Gasteiger partial charge is 0.338 e. The van der Waals surface area contributed by atoms with Crippen molar-refractivity contribution in [2.45, 2.75) is 19.8 Å². The van der Waals surface area contributed by atoms with Gasteiger partial charge in [-0.15, -0.1) is 0 Å². The normalized spacial score (nSPS) is 20.4. The van der Waals surface area contributed by atoms with Crippen molar-refractivity contribution in [2.24, 2.45) is 5.92 Å². The summed E-state index contributed by atoms with van der Waals surface area (Å²) in [5.41, 5.74) is 0.744. The van der Waals surface area contributed by atoms with Crippen LogP contribution in [0.2, 0.25) is 0 Å². The predicted molar refractivity (Wildman–Crippen MR) is 76.1 cm³/mol. The molecule has 92 valence electrons. The predicted octanol–water partition coefficient (Wildman–Crippen LogP) is 4.08. The molecule has 1 saturated heterocycles. The van der Waals surface area contributed by atoms with Crippen LogP contribution in [-0.2, 0) is 0 Å². The molecule has 1 heterocycles. The van der Waals surface area contributed by atoms with Gasteiger partial charge in [0.2, 0.25) is 0 Å². The van der Waals surface area contributed by atoms with E-state index >= 15 is 0 Å². The van der Waals surface area contributed by atoms with Crippen LogP contribution in [0.15, 0.2) is 27.1 Å². The molecule has 0 aromatic heterocycles. The van der Waals surface area contributed by atoms with E-state index < -0.39 is 0 Å². The third kappa shape index (κ3) is 3.10. The van der Waals surface area contributed by atoms with Crippen LogP contribution >= 0.6 is 31.9 Å². The summed E-state index contributed by atoms with van der Waals surface area (Å²) in [6.07, 6.45) is 2.34. The first kappa shape index (κ1) is 13.1. The fourth-order valence-corrected chi connectivity index (χ4v) is 2.98. The van der Waals surface area contributed by atoms with Gasteiger partial charge in [0.15, 0.2) is 0 Å². The lowest BCUT2D eigenvalue weighted by molar-refractivity contribution is 0.0682. The quantitative estimate of drug-likeness (QED) is 0.738. The lowest BCUT2D eigenvalue weighted by Crippen LogP contribution is -2.39. The van der Waals surface area contributed by atoms with Crippen LogP contribution in [0.5, 0.6) is 0 Å². The van der Waals surface area contributed by atoms with Crippen LogP contribution in [0.25, 0.3) is 0 Å². The van der Waals surface area contributed by atoms with E-state index in [0.29, 0.717) is 5.92 Å². The van der Waals surface area contributed by atoms with E-state index in [0.717, 1.165) is 34.0 Å². The van der Waals surface area contributed by atoms with Gasteiger partial charge in [0.05, 0.1) is 5.56 Å². The fourth-order valence-electron chi connectivity index (χ4n) is 2.21. The molecule has 2 rings (SSSR count). The molecule has 1 unspecified atom stereocenters. The van der Waals surface area contributed by atoms with E-state index in [1.807, 2.05) is 23.1 Å². The maximum Gasteiger partial charge on any atom is 0.255 e. The summed E-state index contributed by atoms with van der Waals surface area (Å²) in [5.74, 6) is 0.739. The van der Waals surface area contributed by atoms with Crippen molar-refractivity contribution in [3.8, 4) is 0 Å². The van der Waals surface area contributed by atoms with Crippen molar-refractivity contribution in [1.29, 1.82) is 0 Å². The fraction of sp³-hybridized carbons (Fsp3) is 0.462. The van der Waals surface area contributed by atoms with Crippen molar-refractivity contribution >= 4 is 37.8 Å². The van der Waals surface area contributed by atoms with Crippen molar-refractivity contribution < 1.29 is 4.79 Å². The molecule has 1 aromatic rings. The van der Waals surface area contributed by atoms with Gasteiger partial charge < -0.3 is 4.90 Å². The second kappa shape index (κ2) is 5.53. The minimum Gasteiger partial charge on any atom is -0.338 e. The first-order valence-corrected chi connectivity index (χ1v) is 7.41. The molecule has 0 bridgehead atoms. The molecule has 0 aliphatic carbocycles. The third-order valence-corrected chi connectivity index (χ3v) is 4.29.